The Hall–Kier alpha value is -0.350. The molecule has 3 nitrogen and oxygen atoms in total. The van der Waals surface area contributed by atoms with Crippen molar-refractivity contribution in [2.75, 3.05) is 6.54 Å². The second-order valence-electron chi connectivity index (χ2n) is 2.74. The second-order valence-corrected chi connectivity index (χ2v) is 3.49. The van der Waals surface area contributed by atoms with E-state index in [4.69, 9.17) is 5.73 Å². The van der Waals surface area contributed by atoms with Crippen LogP contribution in [0.2, 0.25) is 0 Å². The fourth-order valence-electron chi connectivity index (χ4n) is 1.11. The summed E-state index contributed by atoms with van der Waals surface area (Å²) in [7, 11) is 0. The summed E-state index contributed by atoms with van der Waals surface area (Å²) < 4.78 is 0.938. The van der Waals surface area contributed by atoms with E-state index < -0.39 is 0 Å². The zero-order valence-corrected chi connectivity index (χ0v) is 8.82. The van der Waals surface area contributed by atoms with Crippen molar-refractivity contribution in [1.82, 2.24) is 9.97 Å². The average Bonchev–Trinajstić information content (AvgIpc) is 2.34. The molecule has 0 saturated carbocycles. The van der Waals surface area contributed by atoms with Crippen LogP contribution in [0.15, 0.2) is 4.60 Å². The van der Waals surface area contributed by atoms with E-state index in [2.05, 4.69) is 32.8 Å². The third-order valence-corrected chi connectivity index (χ3v) is 2.31. The summed E-state index contributed by atoms with van der Waals surface area (Å²) in [5.41, 5.74) is 6.60. The van der Waals surface area contributed by atoms with Gasteiger partial charge in [0.05, 0.1) is 0 Å². The normalized spacial score (nSPS) is 10.6. The summed E-state index contributed by atoms with van der Waals surface area (Å²) >= 11 is 3.40. The first kappa shape index (κ1) is 9.74. The van der Waals surface area contributed by atoms with Gasteiger partial charge in [-0.25, -0.2) is 4.98 Å². The van der Waals surface area contributed by atoms with Crippen LogP contribution in [-0.2, 0) is 12.8 Å². The predicted molar refractivity (Wildman–Crippen MR) is 53.0 cm³/mol. The first-order valence-corrected chi connectivity index (χ1v) is 5.00. The molecule has 0 unspecified atom stereocenters. The van der Waals surface area contributed by atoms with Crippen LogP contribution in [0.25, 0.3) is 0 Å². The fraction of sp³-hybridized carbons (Fsp3) is 0.625. The zero-order chi connectivity index (χ0) is 8.97. The van der Waals surface area contributed by atoms with Gasteiger partial charge in [-0.2, -0.15) is 0 Å². The lowest BCUT2D eigenvalue weighted by atomic mass is 10.3. The zero-order valence-electron chi connectivity index (χ0n) is 7.23. The van der Waals surface area contributed by atoms with Gasteiger partial charge in [0.15, 0.2) is 0 Å². The third kappa shape index (κ3) is 2.32. The van der Waals surface area contributed by atoms with E-state index in [1.54, 1.807) is 0 Å². The standard InChI is InChI=1S/C8H14BrN3/c1-2-3-6-8(9)12-7(11-6)4-5-10/h2-5,10H2,1H3,(H,11,12). The summed E-state index contributed by atoms with van der Waals surface area (Å²) in [6.07, 6.45) is 2.99. The molecule has 1 rings (SSSR count). The molecule has 1 heterocycles. The Morgan fingerprint density at radius 1 is 1.50 bits per heavy atom. The smallest absolute Gasteiger partial charge is 0.127 e. The number of aryl methyl sites for hydroxylation is 1. The maximum absolute atomic E-state index is 5.42. The van der Waals surface area contributed by atoms with Crippen molar-refractivity contribution in [2.45, 2.75) is 26.2 Å². The molecule has 0 amide bonds. The van der Waals surface area contributed by atoms with E-state index in [1.165, 1.54) is 5.69 Å². The van der Waals surface area contributed by atoms with Crippen LogP contribution in [-0.4, -0.2) is 16.5 Å². The molecule has 0 saturated heterocycles. The van der Waals surface area contributed by atoms with Crippen LogP contribution in [0.4, 0.5) is 0 Å². The van der Waals surface area contributed by atoms with Crippen LogP contribution < -0.4 is 5.73 Å². The molecule has 0 fully saturated rings. The highest BCUT2D eigenvalue weighted by Crippen LogP contribution is 2.15. The number of H-pyrrole nitrogens is 1. The molecular formula is C8H14BrN3. The Labute approximate surface area is 80.9 Å². The number of rotatable bonds is 4. The Bertz CT molecular complexity index is 244. The van der Waals surface area contributed by atoms with Crippen molar-refractivity contribution in [2.24, 2.45) is 5.73 Å². The Morgan fingerprint density at radius 3 is 2.83 bits per heavy atom. The Morgan fingerprint density at radius 2 is 2.25 bits per heavy atom. The number of hydrogen-bond acceptors (Lipinski definition) is 2. The van der Waals surface area contributed by atoms with Gasteiger partial charge in [0.2, 0.25) is 0 Å². The number of halogens is 1. The van der Waals surface area contributed by atoms with Gasteiger partial charge < -0.3 is 10.7 Å². The van der Waals surface area contributed by atoms with Crippen molar-refractivity contribution < 1.29 is 0 Å². The summed E-state index contributed by atoms with van der Waals surface area (Å²) in [5, 5.41) is 0. The molecule has 0 aliphatic heterocycles. The van der Waals surface area contributed by atoms with Crippen LogP contribution in [0.5, 0.6) is 0 Å². The topological polar surface area (TPSA) is 54.7 Å². The maximum Gasteiger partial charge on any atom is 0.127 e. The summed E-state index contributed by atoms with van der Waals surface area (Å²) in [4.78, 5) is 7.55. The van der Waals surface area contributed by atoms with E-state index in [9.17, 15) is 0 Å². The van der Waals surface area contributed by atoms with Gasteiger partial charge in [-0.15, -0.1) is 0 Å². The summed E-state index contributed by atoms with van der Waals surface area (Å²) in [6, 6.07) is 0. The SMILES string of the molecule is CCCc1[nH]c(CCN)nc1Br. The molecule has 1 aromatic rings. The molecule has 0 aromatic carbocycles. The Kier molecular flexibility index (Phi) is 3.75. The average molecular weight is 232 g/mol. The van der Waals surface area contributed by atoms with Crippen molar-refractivity contribution in [1.29, 1.82) is 0 Å². The molecule has 0 aliphatic carbocycles. The van der Waals surface area contributed by atoms with Gasteiger partial charge in [-0.1, -0.05) is 13.3 Å². The van der Waals surface area contributed by atoms with Gasteiger partial charge in [0, 0.05) is 12.1 Å². The number of nitrogens with zero attached hydrogens (tertiary/aromatic N) is 1. The van der Waals surface area contributed by atoms with E-state index in [0.717, 1.165) is 29.7 Å². The monoisotopic (exact) mass is 231 g/mol. The highest BCUT2D eigenvalue weighted by atomic mass is 79.9. The molecule has 0 atom stereocenters. The third-order valence-electron chi connectivity index (χ3n) is 1.66. The van der Waals surface area contributed by atoms with Gasteiger partial charge in [0.1, 0.15) is 10.4 Å². The molecule has 1 aromatic heterocycles. The minimum Gasteiger partial charge on any atom is -0.345 e. The Balaban J connectivity index is 2.70. The maximum atomic E-state index is 5.42. The molecule has 12 heavy (non-hydrogen) atoms. The van der Waals surface area contributed by atoms with Crippen LogP contribution in [0, 0.1) is 0 Å². The van der Waals surface area contributed by atoms with Gasteiger partial charge in [0.25, 0.3) is 0 Å². The minimum atomic E-state index is 0.644. The quantitative estimate of drug-likeness (QED) is 0.828. The lowest BCUT2D eigenvalue weighted by molar-refractivity contribution is 0.858. The van der Waals surface area contributed by atoms with Crippen LogP contribution in [0.3, 0.4) is 0 Å². The van der Waals surface area contributed by atoms with E-state index >= 15 is 0 Å². The van der Waals surface area contributed by atoms with E-state index in [-0.39, 0.29) is 0 Å². The summed E-state index contributed by atoms with van der Waals surface area (Å²) in [6.45, 7) is 2.79. The number of aromatic nitrogens is 2. The second kappa shape index (κ2) is 4.62. The summed E-state index contributed by atoms with van der Waals surface area (Å²) in [5.74, 6) is 0.979. The van der Waals surface area contributed by atoms with Crippen molar-refractivity contribution in [3.63, 3.8) is 0 Å². The highest BCUT2D eigenvalue weighted by molar-refractivity contribution is 9.10. The van der Waals surface area contributed by atoms with Gasteiger partial charge >= 0.3 is 0 Å². The molecule has 0 spiro atoms. The molecule has 0 bridgehead atoms. The molecule has 3 N–H and O–H groups in total. The molecular weight excluding hydrogens is 218 g/mol. The van der Waals surface area contributed by atoms with E-state index in [0.29, 0.717) is 6.54 Å². The first-order valence-electron chi connectivity index (χ1n) is 4.21. The lowest BCUT2D eigenvalue weighted by Crippen LogP contribution is -2.03. The predicted octanol–water partition coefficient (Wildman–Crippen LogP) is 1.63. The minimum absolute atomic E-state index is 0.644. The molecule has 0 aliphatic rings. The van der Waals surface area contributed by atoms with Crippen molar-refractivity contribution in [3.8, 4) is 0 Å². The van der Waals surface area contributed by atoms with Crippen molar-refractivity contribution in [3.05, 3.63) is 16.1 Å². The van der Waals surface area contributed by atoms with Crippen LogP contribution >= 0.6 is 15.9 Å². The lowest BCUT2D eigenvalue weighted by Gasteiger charge is -1.92. The van der Waals surface area contributed by atoms with Crippen molar-refractivity contribution >= 4 is 15.9 Å². The molecule has 4 heteroatoms. The first-order chi connectivity index (χ1) is 5.77. The molecule has 68 valence electrons. The van der Waals surface area contributed by atoms with Gasteiger partial charge in [-0.3, -0.25) is 0 Å². The number of hydrogen-bond donors (Lipinski definition) is 2. The van der Waals surface area contributed by atoms with Crippen LogP contribution in [0.1, 0.15) is 24.9 Å². The van der Waals surface area contributed by atoms with Gasteiger partial charge in [-0.05, 0) is 28.9 Å². The highest BCUT2D eigenvalue weighted by Gasteiger charge is 2.05. The number of nitrogens with one attached hydrogen (secondary N) is 1. The molecule has 0 radical (unpaired) electrons. The number of aromatic amines is 1. The largest absolute Gasteiger partial charge is 0.345 e. The number of nitrogens with two attached hydrogens (primary N) is 1. The van der Waals surface area contributed by atoms with E-state index in [1.807, 2.05) is 0 Å². The number of imidazole rings is 1. The fourth-order valence-corrected chi connectivity index (χ4v) is 1.62.